The molecule has 1 N–H and O–H groups in total. The number of carbonyl (C=O) groups excluding carboxylic acids is 1. The molecule has 0 aromatic heterocycles. The van der Waals surface area contributed by atoms with Crippen LogP contribution >= 0.6 is 15.9 Å². The van der Waals surface area contributed by atoms with Crippen LogP contribution in [0.3, 0.4) is 0 Å². The van der Waals surface area contributed by atoms with E-state index in [0.717, 1.165) is 31.0 Å². The van der Waals surface area contributed by atoms with E-state index in [0.29, 0.717) is 11.4 Å². The van der Waals surface area contributed by atoms with Crippen LogP contribution < -0.4 is 9.73 Å². The van der Waals surface area contributed by atoms with Gasteiger partial charge in [0.2, 0.25) is 0 Å². The van der Waals surface area contributed by atoms with Crippen molar-refractivity contribution in [1.29, 1.82) is 0 Å². The third-order valence-electron chi connectivity index (χ3n) is 5.28. The highest BCUT2D eigenvalue weighted by Crippen LogP contribution is 2.26. The van der Waals surface area contributed by atoms with Gasteiger partial charge in [-0.05, 0) is 80.8 Å². The Morgan fingerprint density at radius 2 is 1.58 bits per heavy atom. The van der Waals surface area contributed by atoms with Crippen molar-refractivity contribution in [2.75, 3.05) is 10.8 Å². The first-order chi connectivity index (χ1) is 15.6. The van der Waals surface area contributed by atoms with E-state index in [4.69, 9.17) is 0 Å². The van der Waals surface area contributed by atoms with E-state index >= 15 is 0 Å². The average molecular weight is 528 g/mol. The van der Waals surface area contributed by atoms with Gasteiger partial charge in [0.15, 0.2) is 0 Å². The molecule has 3 aromatic carbocycles. The van der Waals surface area contributed by atoms with Crippen LogP contribution in [0, 0.1) is 20.8 Å². The summed E-state index contributed by atoms with van der Waals surface area (Å²) in [4.78, 5) is 12.9. The zero-order valence-corrected chi connectivity index (χ0v) is 21.4. The summed E-state index contributed by atoms with van der Waals surface area (Å²) < 4.78 is 29.0. The number of hydrogen-bond acceptors (Lipinski definition) is 4. The average Bonchev–Trinajstić information content (AvgIpc) is 2.78. The number of hydrazone groups is 1. The molecule has 0 saturated carbocycles. The van der Waals surface area contributed by atoms with Crippen LogP contribution in [-0.2, 0) is 14.8 Å². The number of amides is 1. The van der Waals surface area contributed by atoms with E-state index < -0.39 is 22.5 Å². The molecule has 0 fully saturated rings. The van der Waals surface area contributed by atoms with Gasteiger partial charge in [-0.3, -0.25) is 9.10 Å². The predicted molar refractivity (Wildman–Crippen MR) is 136 cm³/mol. The van der Waals surface area contributed by atoms with E-state index in [9.17, 15) is 13.2 Å². The number of anilines is 1. The number of halogens is 1. The molecule has 0 atom stereocenters. The Hall–Kier alpha value is -2.97. The van der Waals surface area contributed by atoms with E-state index in [1.807, 2.05) is 51.1 Å². The van der Waals surface area contributed by atoms with Gasteiger partial charge in [0.05, 0.1) is 16.3 Å². The number of benzene rings is 3. The van der Waals surface area contributed by atoms with Gasteiger partial charge in [-0.2, -0.15) is 5.10 Å². The number of nitrogens with zero attached hydrogens (tertiary/aromatic N) is 2. The molecule has 3 rings (SSSR count). The molecule has 0 aliphatic carbocycles. The second-order valence-electron chi connectivity index (χ2n) is 7.83. The van der Waals surface area contributed by atoms with Gasteiger partial charge in [-0.15, -0.1) is 0 Å². The molecule has 172 valence electrons. The summed E-state index contributed by atoms with van der Waals surface area (Å²) in [6, 6.07) is 19.4. The second-order valence-corrected chi connectivity index (χ2v) is 10.6. The summed E-state index contributed by atoms with van der Waals surface area (Å²) in [5, 5.41) is 4.15. The summed E-state index contributed by atoms with van der Waals surface area (Å²) in [6.45, 7) is 7.10. The van der Waals surface area contributed by atoms with Gasteiger partial charge < -0.3 is 0 Å². The quantitative estimate of drug-likeness (QED) is 0.342. The van der Waals surface area contributed by atoms with Crippen molar-refractivity contribution in [3.05, 3.63) is 93.5 Å². The molecule has 0 aliphatic rings. The lowest BCUT2D eigenvalue weighted by Gasteiger charge is -2.24. The fourth-order valence-electron chi connectivity index (χ4n) is 3.10. The standard InChI is InChI=1S/C25H26BrN3O3S/c1-17-5-13-24(14-6-17)33(31,32)29(23-12-7-18(2)19(3)15-23)16-25(30)28-27-20(4)21-8-10-22(26)11-9-21/h5-15H,16H2,1-4H3,(H,28,30)/b27-20-. The molecule has 0 saturated heterocycles. The van der Waals surface area contributed by atoms with Crippen molar-refractivity contribution in [3.63, 3.8) is 0 Å². The van der Waals surface area contributed by atoms with E-state index in [2.05, 4.69) is 26.5 Å². The molecule has 33 heavy (non-hydrogen) atoms. The maximum atomic E-state index is 13.5. The first-order valence-corrected chi connectivity index (χ1v) is 12.6. The van der Waals surface area contributed by atoms with E-state index in [1.165, 1.54) is 0 Å². The van der Waals surface area contributed by atoms with Crippen molar-refractivity contribution in [2.24, 2.45) is 5.10 Å². The maximum Gasteiger partial charge on any atom is 0.264 e. The summed E-state index contributed by atoms with van der Waals surface area (Å²) in [5.74, 6) is -0.541. The smallest absolute Gasteiger partial charge is 0.264 e. The Labute approximate surface area is 203 Å². The highest BCUT2D eigenvalue weighted by atomic mass is 79.9. The molecule has 6 nitrogen and oxygen atoms in total. The number of hydrogen-bond donors (Lipinski definition) is 1. The molecule has 0 radical (unpaired) electrons. The van der Waals surface area contributed by atoms with Crippen LogP contribution in [0.2, 0.25) is 0 Å². The zero-order valence-electron chi connectivity index (χ0n) is 19.0. The monoisotopic (exact) mass is 527 g/mol. The molecular formula is C25H26BrN3O3S. The lowest BCUT2D eigenvalue weighted by molar-refractivity contribution is -0.119. The van der Waals surface area contributed by atoms with Gasteiger partial charge in [-0.25, -0.2) is 13.8 Å². The van der Waals surface area contributed by atoms with Crippen LogP contribution in [-0.4, -0.2) is 26.6 Å². The first-order valence-electron chi connectivity index (χ1n) is 10.3. The molecule has 0 spiro atoms. The third-order valence-corrected chi connectivity index (χ3v) is 7.60. The topological polar surface area (TPSA) is 78.8 Å². The molecule has 3 aromatic rings. The van der Waals surface area contributed by atoms with Crippen LogP contribution in [0.25, 0.3) is 0 Å². The molecule has 0 aliphatic heterocycles. The Morgan fingerprint density at radius 3 is 2.18 bits per heavy atom. The highest BCUT2D eigenvalue weighted by Gasteiger charge is 2.27. The van der Waals surface area contributed by atoms with Crippen molar-refractivity contribution in [2.45, 2.75) is 32.6 Å². The number of rotatable bonds is 7. The van der Waals surface area contributed by atoms with E-state index in [1.54, 1.807) is 43.3 Å². The highest BCUT2D eigenvalue weighted by molar-refractivity contribution is 9.10. The van der Waals surface area contributed by atoms with Crippen molar-refractivity contribution >= 4 is 43.3 Å². The Morgan fingerprint density at radius 1 is 0.939 bits per heavy atom. The maximum absolute atomic E-state index is 13.5. The normalized spacial score (nSPS) is 11.8. The molecule has 0 heterocycles. The Balaban J connectivity index is 1.90. The first kappa shape index (κ1) is 24.7. The van der Waals surface area contributed by atoms with Gasteiger partial charge >= 0.3 is 0 Å². The van der Waals surface area contributed by atoms with Crippen molar-refractivity contribution in [3.8, 4) is 0 Å². The summed E-state index contributed by atoms with van der Waals surface area (Å²) in [5.41, 5.74) is 7.27. The molecule has 0 unspecified atom stereocenters. The van der Waals surface area contributed by atoms with Crippen LogP contribution in [0.15, 0.2) is 81.2 Å². The van der Waals surface area contributed by atoms with Gasteiger partial charge in [-0.1, -0.05) is 51.8 Å². The second kappa shape index (κ2) is 10.3. The fraction of sp³-hybridized carbons (Fsp3) is 0.200. The molecule has 1 amide bonds. The molecular weight excluding hydrogens is 502 g/mol. The number of nitrogens with one attached hydrogen (secondary N) is 1. The van der Waals surface area contributed by atoms with Crippen molar-refractivity contribution < 1.29 is 13.2 Å². The predicted octanol–water partition coefficient (Wildman–Crippen LogP) is 5.11. The van der Waals surface area contributed by atoms with Crippen LogP contribution in [0.5, 0.6) is 0 Å². The molecule has 8 heteroatoms. The molecule has 0 bridgehead atoms. The van der Waals surface area contributed by atoms with Gasteiger partial charge in [0.25, 0.3) is 15.9 Å². The van der Waals surface area contributed by atoms with Gasteiger partial charge in [0, 0.05) is 4.47 Å². The number of sulfonamides is 1. The Bertz CT molecular complexity index is 1290. The van der Waals surface area contributed by atoms with Gasteiger partial charge in [0.1, 0.15) is 6.54 Å². The minimum absolute atomic E-state index is 0.119. The summed E-state index contributed by atoms with van der Waals surface area (Å²) >= 11 is 3.39. The fourth-order valence-corrected chi connectivity index (χ4v) is 4.78. The van der Waals surface area contributed by atoms with Crippen LogP contribution in [0.1, 0.15) is 29.2 Å². The van der Waals surface area contributed by atoms with Crippen LogP contribution in [0.4, 0.5) is 5.69 Å². The lowest BCUT2D eigenvalue weighted by Crippen LogP contribution is -2.39. The Kier molecular flexibility index (Phi) is 7.71. The third kappa shape index (κ3) is 6.09. The van der Waals surface area contributed by atoms with E-state index in [-0.39, 0.29) is 4.90 Å². The minimum atomic E-state index is -3.97. The van der Waals surface area contributed by atoms with Crippen molar-refractivity contribution in [1.82, 2.24) is 5.43 Å². The largest absolute Gasteiger partial charge is 0.271 e. The summed E-state index contributed by atoms with van der Waals surface area (Å²) in [7, 11) is -3.97. The summed E-state index contributed by atoms with van der Waals surface area (Å²) in [6.07, 6.45) is 0. The lowest BCUT2D eigenvalue weighted by atomic mass is 10.1. The SMILES string of the molecule is C/C(=N/NC(=O)CN(c1ccc(C)c(C)c1)S(=O)(=O)c1ccc(C)cc1)c1ccc(Br)cc1. The zero-order chi connectivity index (χ0) is 24.2. The minimum Gasteiger partial charge on any atom is -0.271 e. The number of aryl methyl sites for hydroxylation is 3. The number of carbonyl (C=O) groups is 1.